The van der Waals surface area contributed by atoms with Gasteiger partial charge in [0.15, 0.2) is 0 Å². The zero-order valence-corrected chi connectivity index (χ0v) is 12.4. The predicted molar refractivity (Wildman–Crippen MR) is 78.2 cm³/mol. The Morgan fingerprint density at radius 2 is 2.00 bits per heavy atom. The van der Waals surface area contributed by atoms with E-state index in [2.05, 4.69) is 13.8 Å². The first-order valence-electron chi connectivity index (χ1n) is 7.18. The SMILES string of the molecule is COc1ccc(C(=O)N2CCC(O)CC2)cc1C(C)C. The Kier molecular flexibility index (Phi) is 4.65. The van der Waals surface area contributed by atoms with E-state index in [1.165, 1.54) is 0 Å². The molecule has 4 heteroatoms. The smallest absolute Gasteiger partial charge is 0.253 e. The number of ether oxygens (including phenoxy) is 1. The molecule has 0 radical (unpaired) electrons. The zero-order chi connectivity index (χ0) is 14.7. The van der Waals surface area contributed by atoms with Crippen LogP contribution in [0, 0.1) is 0 Å². The van der Waals surface area contributed by atoms with E-state index in [9.17, 15) is 9.90 Å². The summed E-state index contributed by atoms with van der Waals surface area (Å²) in [5.74, 6) is 1.17. The highest BCUT2D eigenvalue weighted by Crippen LogP contribution is 2.28. The first-order chi connectivity index (χ1) is 9.52. The van der Waals surface area contributed by atoms with E-state index in [1.54, 1.807) is 7.11 Å². The van der Waals surface area contributed by atoms with Crippen molar-refractivity contribution in [3.8, 4) is 5.75 Å². The van der Waals surface area contributed by atoms with Gasteiger partial charge in [-0.05, 0) is 42.5 Å². The van der Waals surface area contributed by atoms with Crippen molar-refractivity contribution in [3.05, 3.63) is 29.3 Å². The van der Waals surface area contributed by atoms with Crippen molar-refractivity contribution in [1.82, 2.24) is 4.90 Å². The normalized spacial score (nSPS) is 16.6. The van der Waals surface area contributed by atoms with Crippen LogP contribution < -0.4 is 4.74 Å². The molecule has 1 saturated heterocycles. The van der Waals surface area contributed by atoms with Crippen LogP contribution >= 0.6 is 0 Å². The summed E-state index contributed by atoms with van der Waals surface area (Å²) in [6.07, 6.45) is 1.07. The number of likely N-dealkylation sites (tertiary alicyclic amines) is 1. The lowest BCUT2D eigenvalue weighted by Crippen LogP contribution is -2.40. The second kappa shape index (κ2) is 6.27. The largest absolute Gasteiger partial charge is 0.496 e. The number of carbonyl (C=O) groups is 1. The summed E-state index contributed by atoms with van der Waals surface area (Å²) in [5.41, 5.74) is 1.75. The Morgan fingerprint density at radius 3 is 2.55 bits per heavy atom. The van der Waals surface area contributed by atoms with Crippen molar-refractivity contribution in [2.75, 3.05) is 20.2 Å². The number of piperidine rings is 1. The summed E-state index contributed by atoms with van der Waals surface area (Å²) < 4.78 is 5.34. The molecule has 0 aromatic heterocycles. The second-order valence-electron chi connectivity index (χ2n) is 5.63. The standard InChI is InChI=1S/C16H23NO3/c1-11(2)14-10-12(4-5-15(14)20-3)16(19)17-8-6-13(18)7-9-17/h4-5,10-11,13,18H,6-9H2,1-3H3. The molecule has 1 heterocycles. The Balaban J connectivity index is 2.20. The maximum atomic E-state index is 12.5. The summed E-state index contributed by atoms with van der Waals surface area (Å²) in [7, 11) is 1.65. The number of carbonyl (C=O) groups excluding carboxylic acids is 1. The third-order valence-electron chi connectivity index (χ3n) is 3.85. The van der Waals surface area contributed by atoms with Crippen molar-refractivity contribution in [2.45, 2.75) is 38.7 Å². The average molecular weight is 277 g/mol. The number of aliphatic hydroxyl groups excluding tert-OH is 1. The van der Waals surface area contributed by atoms with E-state index >= 15 is 0 Å². The predicted octanol–water partition coefficient (Wildman–Crippen LogP) is 2.42. The molecule has 1 N–H and O–H groups in total. The zero-order valence-electron chi connectivity index (χ0n) is 12.4. The van der Waals surface area contributed by atoms with E-state index in [4.69, 9.17) is 4.74 Å². The Morgan fingerprint density at radius 1 is 1.35 bits per heavy atom. The van der Waals surface area contributed by atoms with Crippen LogP contribution in [0.15, 0.2) is 18.2 Å². The molecule has 1 aliphatic rings. The molecule has 0 unspecified atom stereocenters. The van der Waals surface area contributed by atoms with E-state index in [0.717, 1.165) is 11.3 Å². The second-order valence-corrected chi connectivity index (χ2v) is 5.63. The van der Waals surface area contributed by atoms with Gasteiger partial charge >= 0.3 is 0 Å². The number of rotatable bonds is 3. The fraction of sp³-hybridized carbons (Fsp3) is 0.562. The third kappa shape index (κ3) is 3.12. The molecule has 2 rings (SSSR count). The number of hydrogen-bond donors (Lipinski definition) is 1. The highest BCUT2D eigenvalue weighted by atomic mass is 16.5. The lowest BCUT2D eigenvalue weighted by Gasteiger charge is -2.30. The molecule has 1 aromatic carbocycles. The molecular weight excluding hydrogens is 254 g/mol. The molecule has 0 spiro atoms. The summed E-state index contributed by atoms with van der Waals surface area (Å²) in [4.78, 5) is 14.3. The minimum absolute atomic E-state index is 0.0430. The van der Waals surface area contributed by atoms with Gasteiger partial charge in [0, 0.05) is 18.7 Å². The van der Waals surface area contributed by atoms with E-state index in [-0.39, 0.29) is 12.0 Å². The van der Waals surface area contributed by atoms with Crippen molar-refractivity contribution < 1.29 is 14.6 Å². The number of benzene rings is 1. The molecule has 0 bridgehead atoms. The van der Waals surface area contributed by atoms with Crippen LogP contribution in [0.1, 0.15) is 48.5 Å². The molecule has 0 atom stereocenters. The van der Waals surface area contributed by atoms with Gasteiger partial charge < -0.3 is 14.7 Å². The maximum absolute atomic E-state index is 12.5. The minimum Gasteiger partial charge on any atom is -0.496 e. The first kappa shape index (κ1) is 14.9. The van der Waals surface area contributed by atoms with Gasteiger partial charge in [-0.3, -0.25) is 4.79 Å². The van der Waals surface area contributed by atoms with Crippen LogP contribution in [0.2, 0.25) is 0 Å². The molecular formula is C16H23NO3. The number of hydrogen-bond acceptors (Lipinski definition) is 3. The highest BCUT2D eigenvalue weighted by Gasteiger charge is 2.23. The quantitative estimate of drug-likeness (QED) is 0.923. The number of amides is 1. The first-order valence-corrected chi connectivity index (χ1v) is 7.18. The van der Waals surface area contributed by atoms with Gasteiger partial charge in [-0.1, -0.05) is 13.8 Å². The Labute approximate surface area is 120 Å². The van der Waals surface area contributed by atoms with Gasteiger partial charge in [0.25, 0.3) is 5.91 Å². The fourth-order valence-corrected chi connectivity index (χ4v) is 2.57. The molecule has 1 fully saturated rings. The fourth-order valence-electron chi connectivity index (χ4n) is 2.57. The summed E-state index contributed by atoms with van der Waals surface area (Å²) in [6.45, 7) is 5.43. The topological polar surface area (TPSA) is 49.8 Å². The molecule has 1 aromatic rings. The van der Waals surface area contributed by atoms with Crippen LogP contribution in [0.3, 0.4) is 0 Å². The minimum atomic E-state index is -0.263. The van der Waals surface area contributed by atoms with Gasteiger partial charge in [0.1, 0.15) is 5.75 Å². The van der Waals surface area contributed by atoms with E-state index in [0.29, 0.717) is 37.4 Å². The van der Waals surface area contributed by atoms with Crippen molar-refractivity contribution in [3.63, 3.8) is 0 Å². The van der Waals surface area contributed by atoms with Crippen LogP contribution in [0.5, 0.6) is 5.75 Å². The molecule has 110 valence electrons. The van der Waals surface area contributed by atoms with Gasteiger partial charge in [-0.25, -0.2) is 0 Å². The lowest BCUT2D eigenvalue weighted by molar-refractivity contribution is 0.0546. The molecule has 1 amide bonds. The van der Waals surface area contributed by atoms with Crippen LogP contribution in [0.4, 0.5) is 0 Å². The van der Waals surface area contributed by atoms with Gasteiger partial charge in [0.05, 0.1) is 13.2 Å². The average Bonchev–Trinajstić information content (AvgIpc) is 2.46. The van der Waals surface area contributed by atoms with Gasteiger partial charge in [0.2, 0.25) is 0 Å². The maximum Gasteiger partial charge on any atom is 0.253 e. The van der Waals surface area contributed by atoms with E-state index < -0.39 is 0 Å². The summed E-state index contributed by atoms with van der Waals surface area (Å²) >= 11 is 0. The molecule has 0 saturated carbocycles. The Hall–Kier alpha value is -1.55. The van der Waals surface area contributed by atoms with Gasteiger partial charge in [-0.2, -0.15) is 0 Å². The van der Waals surface area contributed by atoms with Gasteiger partial charge in [-0.15, -0.1) is 0 Å². The molecule has 1 aliphatic heterocycles. The van der Waals surface area contributed by atoms with Crippen molar-refractivity contribution in [1.29, 1.82) is 0 Å². The van der Waals surface area contributed by atoms with Crippen LogP contribution in [0.25, 0.3) is 0 Å². The van der Waals surface area contributed by atoms with Crippen LogP contribution in [-0.2, 0) is 0 Å². The van der Waals surface area contributed by atoms with E-state index in [1.807, 2.05) is 23.1 Å². The monoisotopic (exact) mass is 277 g/mol. The molecule has 4 nitrogen and oxygen atoms in total. The molecule has 20 heavy (non-hydrogen) atoms. The number of aliphatic hydroxyl groups is 1. The van der Waals surface area contributed by atoms with Crippen molar-refractivity contribution >= 4 is 5.91 Å². The Bertz CT molecular complexity index is 477. The highest BCUT2D eigenvalue weighted by molar-refractivity contribution is 5.94. The summed E-state index contributed by atoms with van der Waals surface area (Å²) in [6, 6.07) is 5.61. The van der Waals surface area contributed by atoms with Crippen molar-refractivity contribution in [2.24, 2.45) is 0 Å². The third-order valence-corrected chi connectivity index (χ3v) is 3.85. The summed E-state index contributed by atoms with van der Waals surface area (Å²) in [5, 5.41) is 9.51. The molecule has 0 aliphatic carbocycles. The van der Waals surface area contributed by atoms with Crippen LogP contribution in [-0.4, -0.2) is 42.2 Å². The number of methoxy groups -OCH3 is 1. The lowest BCUT2D eigenvalue weighted by atomic mass is 9.98. The number of nitrogens with zero attached hydrogens (tertiary/aromatic N) is 1.